The van der Waals surface area contributed by atoms with Gasteiger partial charge in [-0.25, -0.2) is 0 Å². The average Bonchev–Trinajstić information content (AvgIpc) is 3.06. The lowest BCUT2D eigenvalue weighted by Crippen LogP contribution is -2.53. The van der Waals surface area contributed by atoms with Crippen LogP contribution in [0, 0.1) is 20.8 Å². The van der Waals surface area contributed by atoms with Crippen molar-refractivity contribution < 1.29 is 23.9 Å². The second-order valence-electron chi connectivity index (χ2n) is 8.45. The number of nitrogens with zero attached hydrogens (tertiary/aromatic N) is 3. The Kier molecular flexibility index (Phi) is 6.18. The predicted octanol–water partition coefficient (Wildman–Crippen LogP) is 1.96. The minimum atomic E-state index is -0.448. The molecule has 0 bridgehead atoms. The summed E-state index contributed by atoms with van der Waals surface area (Å²) < 4.78 is 5.83. The maximum absolute atomic E-state index is 12.7. The van der Waals surface area contributed by atoms with Crippen LogP contribution in [-0.4, -0.2) is 77.7 Å². The lowest BCUT2D eigenvalue weighted by atomic mass is 10.1. The smallest absolute Gasteiger partial charge is 0.262 e. The van der Waals surface area contributed by atoms with Gasteiger partial charge in [0.1, 0.15) is 12.3 Å². The van der Waals surface area contributed by atoms with E-state index < -0.39 is 11.8 Å². The van der Waals surface area contributed by atoms with E-state index in [1.807, 2.05) is 32.9 Å². The molecule has 0 N–H and O–H groups in total. The predicted molar refractivity (Wildman–Crippen MR) is 121 cm³/mol. The Morgan fingerprint density at radius 3 is 1.88 bits per heavy atom. The summed E-state index contributed by atoms with van der Waals surface area (Å²) in [7, 11) is 0. The van der Waals surface area contributed by atoms with E-state index in [9.17, 15) is 19.2 Å². The van der Waals surface area contributed by atoms with E-state index in [0.29, 0.717) is 37.3 Å². The molecule has 4 amide bonds. The molecule has 8 nitrogen and oxygen atoms in total. The summed E-state index contributed by atoms with van der Waals surface area (Å²) in [5.41, 5.74) is 3.75. The van der Waals surface area contributed by atoms with Crippen LogP contribution >= 0.6 is 0 Å². The number of aryl methyl sites for hydroxylation is 2. The van der Waals surface area contributed by atoms with Crippen LogP contribution in [0.1, 0.15) is 37.4 Å². The zero-order valence-electron chi connectivity index (χ0n) is 19.1. The van der Waals surface area contributed by atoms with Crippen LogP contribution in [0.5, 0.6) is 5.75 Å². The molecule has 172 valence electrons. The maximum Gasteiger partial charge on any atom is 0.262 e. The van der Waals surface area contributed by atoms with Crippen LogP contribution < -0.4 is 4.74 Å². The summed E-state index contributed by atoms with van der Waals surface area (Å²) in [5, 5.41) is 0. The van der Waals surface area contributed by atoms with Crippen LogP contribution in [0.3, 0.4) is 0 Å². The summed E-state index contributed by atoms with van der Waals surface area (Å²) in [4.78, 5) is 54.6. The summed E-state index contributed by atoms with van der Waals surface area (Å²) in [6, 6.07) is 10.6. The Labute approximate surface area is 192 Å². The average molecular weight is 450 g/mol. The van der Waals surface area contributed by atoms with Crippen molar-refractivity contribution >= 4 is 23.6 Å². The molecular formula is C25H27N3O5. The van der Waals surface area contributed by atoms with Crippen molar-refractivity contribution in [3.8, 4) is 5.75 Å². The van der Waals surface area contributed by atoms with E-state index in [1.54, 1.807) is 34.1 Å². The molecule has 0 spiro atoms. The number of benzene rings is 2. The number of piperazine rings is 1. The fourth-order valence-corrected chi connectivity index (χ4v) is 4.20. The summed E-state index contributed by atoms with van der Waals surface area (Å²) >= 11 is 0. The first-order valence-electron chi connectivity index (χ1n) is 11.0. The lowest BCUT2D eigenvalue weighted by Gasteiger charge is -2.35. The Morgan fingerprint density at radius 2 is 1.30 bits per heavy atom. The van der Waals surface area contributed by atoms with Gasteiger partial charge in [0.05, 0.1) is 11.1 Å². The molecule has 0 unspecified atom stereocenters. The van der Waals surface area contributed by atoms with Crippen molar-refractivity contribution in [1.29, 1.82) is 0 Å². The molecule has 33 heavy (non-hydrogen) atoms. The Balaban J connectivity index is 1.29. The molecule has 2 aromatic carbocycles. The van der Waals surface area contributed by atoms with Gasteiger partial charge in [-0.1, -0.05) is 24.3 Å². The first-order chi connectivity index (χ1) is 15.8. The Morgan fingerprint density at radius 1 is 0.788 bits per heavy atom. The third-order valence-electron chi connectivity index (χ3n) is 6.37. The van der Waals surface area contributed by atoms with Crippen LogP contribution in [-0.2, 0) is 9.59 Å². The minimum absolute atomic E-state index is 0.0614. The highest BCUT2D eigenvalue weighted by atomic mass is 16.5. The maximum atomic E-state index is 12.7. The van der Waals surface area contributed by atoms with Crippen molar-refractivity contribution in [2.45, 2.75) is 20.8 Å². The number of hydrogen-bond acceptors (Lipinski definition) is 5. The molecule has 0 radical (unpaired) electrons. The first-order valence-corrected chi connectivity index (χ1v) is 11.0. The van der Waals surface area contributed by atoms with Crippen molar-refractivity contribution in [2.24, 2.45) is 0 Å². The van der Waals surface area contributed by atoms with Crippen LogP contribution in [0.15, 0.2) is 36.4 Å². The molecule has 2 aliphatic heterocycles. The normalized spacial score (nSPS) is 15.7. The molecular weight excluding hydrogens is 422 g/mol. The largest absolute Gasteiger partial charge is 0.483 e. The number of imide groups is 1. The van der Waals surface area contributed by atoms with E-state index in [-0.39, 0.29) is 25.0 Å². The highest BCUT2D eigenvalue weighted by Crippen LogP contribution is 2.26. The fraction of sp³-hybridized carbons (Fsp3) is 0.360. The van der Waals surface area contributed by atoms with Gasteiger partial charge in [-0.3, -0.25) is 24.1 Å². The molecule has 0 aromatic heterocycles. The van der Waals surface area contributed by atoms with Gasteiger partial charge in [0, 0.05) is 26.2 Å². The highest BCUT2D eigenvalue weighted by molar-refractivity contribution is 6.22. The van der Waals surface area contributed by atoms with Gasteiger partial charge in [-0.05, 0) is 49.6 Å². The highest BCUT2D eigenvalue weighted by Gasteiger charge is 2.37. The van der Waals surface area contributed by atoms with Crippen LogP contribution in [0.2, 0.25) is 0 Å². The Bertz CT molecular complexity index is 1100. The lowest BCUT2D eigenvalue weighted by molar-refractivity contribution is -0.140. The van der Waals surface area contributed by atoms with Gasteiger partial charge < -0.3 is 14.5 Å². The molecule has 1 saturated heterocycles. The molecule has 2 aromatic rings. The number of amides is 4. The third-order valence-corrected chi connectivity index (χ3v) is 6.37. The van der Waals surface area contributed by atoms with Crippen molar-refractivity contribution in [3.63, 3.8) is 0 Å². The number of fused-ring (bicyclic) bond motifs is 1. The molecule has 2 heterocycles. The third kappa shape index (κ3) is 4.33. The van der Waals surface area contributed by atoms with E-state index in [0.717, 1.165) is 27.3 Å². The fourth-order valence-electron chi connectivity index (χ4n) is 4.20. The van der Waals surface area contributed by atoms with Gasteiger partial charge in [0.2, 0.25) is 5.91 Å². The number of carbonyl (C=O) groups excluding carboxylic acids is 4. The van der Waals surface area contributed by atoms with Crippen molar-refractivity contribution in [2.75, 3.05) is 39.3 Å². The first kappa shape index (κ1) is 22.5. The molecule has 4 rings (SSSR count). The zero-order chi connectivity index (χ0) is 23.7. The van der Waals surface area contributed by atoms with Gasteiger partial charge >= 0.3 is 0 Å². The second kappa shape index (κ2) is 9.05. The van der Waals surface area contributed by atoms with Crippen molar-refractivity contribution in [1.82, 2.24) is 14.7 Å². The molecule has 0 aliphatic carbocycles. The standard InChI is InChI=1S/C25H27N3O5/c1-16-8-9-17(2)23(18(16)3)33-15-22(30)27-12-10-26(11-13-27)21(29)14-28-24(31)19-6-4-5-7-20(19)25(28)32/h4-9H,10-15H2,1-3H3. The van der Waals surface area contributed by atoms with E-state index in [2.05, 4.69) is 0 Å². The molecule has 1 fully saturated rings. The Hall–Kier alpha value is -3.68. The molecule has 0 saturated carbocycles. The second-order valence-corrected chi connectivity index (χ2v) is 8.45. The number of hydrogen-bond donors (Lipinski definition) is 0. The van der Waals surface area contributed by atoms with E-state index in [1.165, 1.54) is 0 Å². The number of rotatable bonds is 5. The zero-order valence-corrected chi connectivity index (χ0v) is 19.1. The quantitative estimate of drug-likeness (QED) is 0.652. The van der Waals surface area contributed by atoms with Gasteiger partial charge in [0.25, 0.3) is 17.7 Å². The summed E-state index contributed by atoms with van der Waals surface area (Å²) in [6.07, 6.45) is 0. The van der Waals surface area contributed by atoms with Crippen molar-refractivity contribution in [3.05, 3.63) is 64.2 Å². The monoisotopic (exact) mass is 449 g/mol. The van der Waals surface area contributed by atoms with Gasteiger partial charge in [-0.2, -0.15) is 0 Å². The van der Waals surface area contributed by atoms with Gasteiger partial charge in [-0.15, -0.1) is 0 Å². The van der Waals surface area contributed by atoms with Crippen LogP contribution in [0.25, 0.3) is 0 Å². The minimum Gasteiger partial charge on any atom is -0.483 e. The van der Waals surface area contributed by atoms with Crippen LogP contribution in [0.4, 0.5) is 0 Å². The molecule has 2 aliphatic rings. The molecule has 0 atom stereocenters. The van der Waals surface area contributed by atoms with Gasteiger partial charge in [0.15, 0.2) is 6.61 Å². The topological polar surface area (TPSA) is 87.2 Å². The summed E-state index contributed by atoms with van der Waals surface area (Å²) in [5.74, 6) is -0.604. The SMILES string of the molecule is Cc1ccc(C)c(OCC(=O)N2CCN(C(=O)CN3C(=O)c4ccccc4C3=O)CC2)c1C. The number of carbonyl (C=O) groups is 4. The molecule has 8 heteroatoms. The van der Waals surface area contributed by atoms with E-state index in [4.69, 9.17) is 4.74 Å². The number of ether oxygens (including phenoxy) is 1. The van der Waals surface area contributed by atoms with E-state index >= 15 is 0 Å². The summed E-state index contributed by atoms with van der Waals surface area (Å²) in [6.45, 7) is 7.01.